The number of thiophene rings is 1. The summed E-state index contributed by atoms with van der Waals surface area (Å²) in [7, 11) is 0. The number of hydrogen-bond acceptors (Lipinski definition) is 4. The van der Waals surface area contributed by atoms with E-state index < -0.39 is 0 Å². The van der Waals surface area contributed by atoms with Crippen LogP contribution in [0.5, 0.6) is 0 Å². The molecule has 2 aromatic rings. The first-order valence-corrected chi connectivity index (χ1v) is 9.24. The normalized spacial score (nSPS) is 22.3. The van der Waals surface area contributed by atoms with E-state index in [0.717, 1.165) is 12.1 Å². The Kier molecular flexibility index (Phi) is 5.52. The molecule has 6 nitrogen and oxygen atoms in total. The average molecular weight is 348 g/mol. The van der Waals surface area contributed by atoms with Crippen molar-refractivity contribution in [2.75, 3.05) is 19.6 Å². The van der Waals surface area contributed by atoms with Gasteiger partial charge in [-0.1, -0.05) is 6.92 Å². The summed E-state index contributed by atoms with van der Waals surface area (Å²) in [6.07, 6.45) is 3.71. The maximum absolute atomic E-state index is 12.5. The van der Waals surface area contributed by atoms with Crippen LogP contribution in [0.4, 0.5) is 4.79 Å². The third-order valence-corrected chi connectivity index (χ3v) is 4.82. The summed E-state index contributed by atoms with van der Waals surface area (Å²) < 4.78 is 7.87. The second-order valence-corrected chi connectivity index (χ2v) is 7.20. The third-order valence-electron chi connectivity index (χ3n) is 4.12. The molecule has 24 heavy (non-hydrogen) atoms. The summed E-state index contributed by atoms with van der Waals surface area (Å²) in [6.45, 7) is 6.77. The predicted octanol–water partition coefficient (Wildman–Crippen LogP) is 2.75. The number of urea groups is 1. The van der Waals surface area contributed by atoms with Gasteiger partial charge in [-0.05, 0) is 41.3 Å². The zero-order valence-electron chi connectivity index (χ0n) is 14.1. The Labute approximate surface area is 146 Å². The highest BCUT2D eigenvalue weighted by molar-refractivity contribution is 7.07. The first kappa shape index (κ1) is 17.0. The molecule has 1 saturated heterocycles. The number of amides is 2. The number of hydrogen-bond donors (Lipinski definition) is 1. The van der Waals surface area contributed by atoms with Crippen molar-refractivity contribution in [2.24, 2.45) is 5.92 Å². The van der Waals surface area contributed by atoms with Gasteiger partial charge in [0.25, 0.3) is 0 Å². The van der Waals surface area contributed by atoms with E-state index >= 15 is 0 Å². The quantitative estimate of drug-likeness (QED) is 0.904. The van der Waals surface area contributed by atoms with Crippen molar-refractivity contribution in [1.29, 1.82) is 0 Å². The van der Waals surface area contributed by atoms with Gasteiger partial charge < -0.3 is 15.0 Å². The number of carbonyl (C=O) groups excluding carboxylic acids is 1. The molecule has 1 aliphatic heterocycles. The van der Waals surface area contributed by atoms with Gasteiger partial charge in [0.05, 0.1) is 12.6 Å². The van der Waals surface area contributed by atoms with Crippen LogP contribution >= 0.6 is 11.3 Å². The molecule has 130 valence electrons. The molecule has 2 aromatic heterocycles. The molecule has 0 bridgehead atoms. The van der Waals surface area contributed by atoms with Crippen LogP contribution in [0.1, 0.15) is 25.5 Å². The Morgan fingerprint density at radius 2 is 2.42 bits per heavy atom. The monoisotopic (exact) mass is 348 g/mol. The van der Waals surface area contributed by atoms with Crippen molar-refractivity contribution in [1.82, 2.24) is 20.0 Å². The Balaban J connectivity index is 1.50. The van der Waals surface area contributed by atoms with Gasteiger partial charge in [-0.3, -0.25) is 4.68 Å². The van der Waals surface area contributed by atoms with Gasteiger partial charge in [0.15, 0.2) is 0 Å². The molecule has 1 N–H and O–H groups in total. The largest absolute Gasteiger partial charge is 0.367 e. The number of nitrogens with zero attached hydrogens (tertiary/aromatic N) is 3. The van der Waals surface area contributed by atoms with Crippen LogP contribution in [0, 0.1) is 5.92 Å². The van der Waals surface area contributed by atoms with E-state index in [0.29, 0.717) is 25.6 Å². The Morgan fingerprint density at radius 3 is 3.12 bits per heavy atom. The minimum atomic E-state index is -0.0350. The Bertz CT molecular complexity index is 629. The summed E-state index contributed by atoms with van der Waals surface area (Å²) in [5, 5.41) is 11.4. The van der Waals surface area contributed by atoms with Crippen LogP contribution in [0.3, 0.4) is 0 Å². The topological polar surface area (TPSA) is 59.4 Å². The Hall–Kier alpha value is -1.86. The number of aromatic nitrogens is 2. The highest BCUT2D eigenvalue weighted by Crippen LogP contribution is 2.26. The van der Waals surface area contributed by atoms with Gasteiger partial charge >= 0.3 is 6.03 Å². The highest BCUT2D eigenvalue weighted by Gasteiger charge is 2.29. The minimum Gasteiger partial charge on any atom is -0.367 e. The van der Waals surface area contributed by atoms with Crippen molar-refractivity contribution in [3.63, 3.8) is 0 Å². The van der Waals surface area contributed by atoms with Gasteiger partial charge in [-0.25, -0.2) is 4.79 Å². The molecule has 3 rings (SSSR count). The fourth-order valence-corrected chi connectivity index (χ4v) is 3.63. The smallest absolute Gasteiger partial charge is 0.317 e. The van der Waals surface area contributed by atoms with E-state index in [9.17, 15) is 4.79 Å². The van der Waals surface area contributed by atoms with Crippen LogP contribution in [-0.4, -0.2) is 46.4 Å². The molecule has 0 radical (unpaired) electrons. The minimum absolute atomic E-state index is 0.0160. The van der Waals surface area contributed by atoms with Gasteiger partial charge in [0.2, 0.25) is 0 Å². The molecule has 0 spiro atoms. The number of ether oxygens (including phenoxy) is 1. The van der Waals surface area contributed by atoms with E-state index in [4.69, 9.17) is 4.74 Å². The van der Waals surface area contributed by atoms with Gasteiger partial charge in [0, 0.05) is 32.0 Å². The summed E-state index contributed by atoms with van der Waals surface area (Å²) in [5.74, 6) is 0.319. The number of nitrogens with one attached hydrogen (secondary N) is 1. The highest BCUT2D eigenvalue weighted by atomic mass is 32.1. The van der Waals surface area contributed by atoms with E-state index in [1.54, 1.807) is 17.5 Å². The summed E-state index contributed by atoms with van der Waals surface area (Å²) in [5.41, 5.74) is 1.15. The molecule has 0 aromatic carbocycles. The molecule has 0 saturated carbocycles. The van der Waals surface area contributed by atoms with Crippen LogP contribution < -0.4 is 5.32 Å². The van der Waals surface area contributed by atoms with Crippen LogP contribution in [0.15, 0.2) is 35.3 Å². The fourth-order valence-electron chi connectivity index (χ4n) is 2.93. The number of rotatable bonds is 5. The standard InChI is InChI=1S/C17H24N4O2S/c1-13(9-21-6-3-5-19-21)8-18-17(22)20-10-14(2)23-16(11-20)15-4-7-24-12-15/h3-7,12-14,16H,8-11H2,1-2H3,(H,18,22)/t13-,14+,16-/m1/s1. The number of carbonyl (C=O) groups is 1. The average Bonchev–Trinajstić information content (AvgIpc) is 3.25. The molecular formula is C17H24N4O2S. The lowest BCUT2D eigenvalue weighted by Crippen LogP contribution is -2.50. The maximum atomic E-state index is 12.5. The van der Waals surface area contributed by atoms with Crippen molar-refractivity contribution >= 4 is 17.4 Å². The Morgan fingerprint density at radius 1 is 1.54 bits per heavy atom. The summed E-state index contributed by atoms with van der Waals surface area (Å²) >= 11 is 1.65. The molecule has 3 atom stereocenters. The molecule has 7 heteroatoms. The lowest BCUT2D eigenvalue weighted by molar-refractivity contribution is -0.0655. The van der Waals surface area contributed by atoms with Gasteiger partial charge in [0.1, 0.15) is 6.10 Å². The lowest BCUT2D eigenvalue weighted by atomic mass is 10.1. The van der Waals surface area contributed by atoms with E-state index in [2.05, 4.69) is 28.8 Å². The SMILES string of the molecule is C[C@H](CNC(=O)N1C[C@H](C)O[C@@H](c2ccsc2)C1)Cn1cccn1. The third kappa shape index (κ3) is 4.36. The second kappa shape index (κ2) is 7.81. The molecule has 3 heterocycles. The first-order chi connectivity index (χ1) is 11.6. The fraction of sp³-hybridized carbons (Fsp3) is 0.529. The first-order valence-electron chi connectivity index (χ1n) is 8.29. The summed E-state index contributed by atoms with van der Waals surface area (Å²) in [6, 6.07) is 3.96. The lowest BCUT2D eigenvalue weighted by Gasteiger charge is -2.36. The molecule has 1 aliphatic rings. The van der Waals surface area contributed by atoms with Crippen LogP contribution in [0.25, 0.3) is 0 Å². The maximum Gasteiger partial charge on any atom is 0.317 e. The van der Waals surface area contributed by atoms with E-state index in [1.165, 1.54) is 0 Å². The van der Waals surface area contributed by atoms with Crippen LogP contribution in [-0.2, 0) is 11.3 Å². The number of morpholine rings is 1. The molecule has 0 unspecified atom stereocenters. The van der Waals surface area contributed by atoms with Crippen molar-refractivity contribution < 1.29 is 9.53 Å². The predicted molar refractivity (Wildman–Crippen MR) is 94.0 cm³/mol. The van der Waals surface area contributed by atoms with Crippen LogP contribution in [0.2, 0.25) is 0 Å². The molecule has 2 amide bonds. The van der Waals surface area contributed by atoms with E-state index in [-0.39, 0.29) is 18.2 Å². The van der Waals surface area contributed by atoms with E-state index in [1.807, 2.05) is 34.1 Å². The second-order valence-electron chi connectivity index (χ2n) is 6.42. The molecule has 1 fully saturated rings. The van der Waals surface area contributed by atoms with Crippen molar-refractivity contribution in [2.45, 2.75) is 32.6 Å². The van der Waals surface area contributed by atoms with Gasteiger partial charge in [-0.2, -0.15) is 16.4 Å². The zero-order chi connectivity index (χ0) is 16.9. The molecule has 0 aliphatic carbocycles. The molecular weight excluding hydrogens is 324 g/mol. The zero-order valence-corrected chi connectivity index (χ0v) is 14.9. The van der Waals surface area contributed by atoms with Gasteiger partial charge in [-0.15, -0.1) is 0 Å². The summed E-state index contributed by atoms with van der Waals surface area (Å²) in [4.78, 5) is 14.4. The van der Waals surface area contributed by atoms with Crippen molar-refractivity contribution in [3.8, 4) is 0 Å². The van der Waals surface area contributed by atoms with Crippen molar-refractivity contribution in [3.05, 3.63) is 40.8 Å².